The van der Waals surface area contributed by atoms with Gasteiger partial charge in [0.1, 0.15) is 0 Å². The summed E-state index contributed by atoms with van der Waals surface area (Å²) < 4.78 is 0. The van der Waals surface area contributed by atoms with E-state index in [1.807, 2.05) is 13.0 Å². The number of rotatable bonds is 12. The molecular weight excluding hydrogens is 448 g/mol. The van der Waals surface area contributed by atoms with Gasteiger partial charge in [-0.2, -0.15) is 0 Å². The quantitative estimate of drug-likeness (QED) is 0.296. The maximum atomic E-state index is 4.63. The van der Waals surface area contributed by atoms with Gasteiger partial charge >= 0.3 is 0 Å². The minimum absolute atomic E-state index is 0.0183. The molecular formula is C35H48N2. The molecule has 1 saturated heterocycles. The summed E-state index contributed by atoms with van der Waals surface area (Å²) in [5.74, 6) is 0. The number of allylic oxidation sites excluding steroid dienone is 4. The van der Waals surface area contributed by atoms with Crippen LogP contribution in [0.25, 0.3) is 0 Å². The van der Waals surface area contributed by atoms with E-state index in [1.54, 1.807) is 0 Å². The minimum Gasteiger partial charge on any atom is -0.378 e. The molecule has 2 aromatic carbocycles. The second-order valence-electron chi connectivity index (χ2n) is 10.8. The molecule has 2 unspecified atom stereocenters. The molecule has 1 aliphatic heterocycles. The van der Waals surface area contributed by atoms with Crippen molar-refractivity contribution in [3.63, 3.8) is 0 Å². The number of hydrogen-bond acceptors (Lipinski definition) is 2. The first kappa shape index (κ1) is 28.7. The monoisotopic (exact) mass is 496 g/mol. The molecule has 2 aromatic rings. The maximum Gasteiger partial charge on any atom is 0.0759 e. The lowest BCUT2D eigenvalue weighted by molar-refractivity contribution is 0.180. The first-order valence-electron chi connectivity index (χ1n) is 14.2. The van der Waals surface area contributed by atoms with Crippen LogP contribution in [0.4, 0.5) is 0 Å². The summed E-state index contributed by atoms with van der Waals surface area (Å²) in [6.45, 7) is 19.2. The van der Waals surface area contributed by atoms with Crippen LogP contribution in [0.5, 0.6) is 0 Å². The summed E-state index contributed by atoms with van der Waals surface area (Å²) in [7, 11) is 0. The summed E-state index contributed by atoms with van der Waals surface area (Å²) in [5.41, 5.74) is 6.32. The first-order valence-corrected chi connectivity index (χ1v) is 14.2. The molecule has 3 rings (SSSR count). The molecule has 1 heterocycles. The topological polar surface area (TPSA) is 15.3 Å². The molecule has 0 aromatic heterocycles. The Morgan fingerprint density at radius 3 is 2.54 bits per heavy atom. The van der Waals surface area contributed by atoms with Gasteiger partial charge in [0.2, 0.25) is 0 Å². The van der Waals surface area contributed by atoms with Crippen molar-refractivity contribution < 1.29 is 0 Å². The van der Waals surface area contributed by atoms with Crippen molar-refractivity contribution in [3.8, 4) is 0 Å². The molecule has 0 spiro atoms. The Morgan fingerprint density at radius 1 is 1.00 bits per heavy atom. The zero-order valence-corrected chi connectivity index (χ0v) is 23.5. The van der Waals surface area contributed by atoms with Gasteiger partial charge in [0.05, 0.1) is 6.04 Å². The summed E-state index contributed by atoms with van der Waals surface area (Å²) in [5, 5.41) is 3.86. The Morgan fingerprint density at radius 2 is 1.78 bits per heavy atom. The molecule has 0 amide bonds. The lowest BCUT2D eigenvalue weighted by Crippen LogP contribution is -2.38. The van der Waals surface area contributed by atoms with Crippen molar-refractivity contribution in [2.24, 2.45) is 5.41 Å². The first-order chi connectivity index (χ1) is 17.9. The van der Waals surface area contributed by atoms with Gasteiger partial charge in [-0.25, -0.2) is 0 Å². The van der Waals surface area contributed by atoms with Crippen LogP contribution in [0.2, 0.25) is 0 Å². The third kappa shape index (κ3) is 8.90. The van der Waals surface area contributed by atoms with E-state index in [1.165, 1.54) is 55.5 Å². The van der Waals surface area contributed by atoms with Crippen molar-refractivity contribution in [2.45, 2.75) is 71.8 Å². The van der Waals surface area contributed by atoms with Crippen molar-refractivity contribution in [1.82, 2.24) is 10.2 Å². The highest BCUT2D eigenvalue weighted by molar-refractivity contribution is 5.37. The van der Waals surface area contributed by atoms with Gasteiger partial charge in [-0.3, -0.25) is 0 Å². The highest BCUT2D eigenvalue weighted by Crippen LogP contribution is 2.38. The number of aryl methyl sites for hydroxylation is 2. The van der Waals surface area contributed by atoms with Gasteiger partial charge in [0, 0.05) is 11.1 Å². The Bertz CT molecular complexity index is 1050. The zero-order chi connectivity index (χ0) is 26.5. The molecule has 2 heteroatoms. The fourth-order valence-electron chi connectivity index (χ4n) is 5.29. The van der Waals surface area contributed by atoms with Gasteiger partial charge in [-0.1, -0.05) is 112 Å². The second kappa shape index (κ2) is 14.8. The van der Waals surface area contributed by atoms with Crippen LogP contribution in [0.15, 0.2) is 103 Å². The molecule has 2 atom stereocenters. The molecule has 1 N–H and O–H groups in total. The van der Waals surface area contributed by atoms with E-state index >= 15 is 0 Å². The van der Waals surface area contributed by atoms with E-state index in [0.717, 1.165) is 37.1 Å². The lowest BCUT2D eigenvalue weighted by Gasteiger charge is -2.39. The van der Waals surface area contributed by atoms with Gasteiger partial charge < -0.3 is 10.2 Å². The van der Waals surface area contributed by atoms with Crippen LogP contribution in [0.3, 0.4) is 0 Å². The highest BCUT2D eigenvalue weighted by atomic mass is 15.1. The average Bonchev–Trinajstić information content (AvgIpc) is 2.91. The summed E-state index contributed by atoms with van der Waals surface area (Å²) in [6, 6.07) is 19.8. The van der Waals surface area contributed by atoms with E-state index in [2.05, 4.69) is 110 Å². The van der Waals surface area contributed by atoms with Gasteiger partial charge in [0.15, 0.2) is 0 Å². The third-order valence-electron chi connectivity index (χ3n) is 7.94. The SMILES string of the molecule is C=C(/C=C\C=C/C)C(NC(=C)C1(C)CCCCN(CCCc2ccccc2)CC1)c1cccc(CC)c1. The molecule has 0 radical (unpaired) electrons. The maximum absolute atomic E-state index is 4.63. The van der Waals surface area contributed by atoms with Gasteiger partial charge in [0.25, 0.3) is 0 Å². The second-order valence-corrected chi connectivity index (χ2v) is 10.8. The average molecular weight is 497 g/mol. The molecule has 1 fully saturated rings. The number of nitrogens with zero attached hydrogens (tertiary/aromatic N) is 1. The van der Waals surface area contributed by atoms with Crippen molar-refractivity contribution in [1.29, 1.82) is 0 Å². The summed E-state index contributed by atoms with van der Waals surface area (Å²) in [6.07, 6.45) is 16.5. The largest absolute Gasteiger partial charge is 0.378 e. The van der Waals surface area contributed by atoms with Crippen LogP contribution in [-0.2, 0) is 12.8 Å². The van der Waals surface area contributed by atoms with Gasteiger partial charge in [-0.15, -0.1) is 0 Å². The summed E-state index contributed by atoms with van der Waals surface area (Å²) in [4.78, 5) is 2.68. The van der Waals surface area contributed by atoms with Crippen molar-refractivity contribution in [3.05, 3.63) is 120 Å². The fraction of sp³-hybridized carbons (Fsp3) is 0.429. The predicted molar refractivity (Wildman–Crippen MR) is 162 cm³/mol. The van der Waals surface area contributed by atoms with Crippen LogP contribution < -0.4 is 5.32 Å². The van der Waals surface area contributed by atoms with Crippen LogP contribution in [0.1, 0.15) is 75.6 Å². The molecule has 198 valence electrons. The van der Waals surface area contributed by atoms with Gasteiger partial charge in [-0.05, 0) is 87.3 Å². The standard InChI is InChI=1S/C35H48N2/c1-6-8-10-17-29(3)34(33-22-15-20-31(7-2)28-33)36-30(4)35(5)23-13-14-25-37(27-24-35)26-16-21-32-18-11-9-12-19-32/h6,8-12,15,17-20,22,28,34,36H,3-4,7,13-14,16,21,23-27H2,1-2,5H3/b8-6-,17-10-. The van der Waals surface area contributed by atoms with E-state index in [9.17, 15) is 0 Å². The van der Waals surface area contributed by atoms with E-state index in [4.69, 9.17) is 0 Å². The van der Waals surface area contributed by atoms with Crippen molar-refractivity contribution >= 4 is 0 Å². The Kier molecular flexibility index (Phi) is 11.5. The predicted octanol–water partition coefficient (Wildman–Crippen LogP) is 8.60. The number of nitrogens with one attached hydrogen (secondary N) is 1. The number of likely N-dealkylation sites (tertiary alicyclic amines) is 1. The summed E-state index contributed by atoms with van der Waals surface area (Å²) >= 11 is 0. The fourth-order valence-corrected chi connectivity index (χ4v) is 5.29. The molecule has 37 heavy (non-hydrogen) atoms. The van der Waals surface area contributed by atoms with E-state index in [0.29, 0.717) is 0 Å². The Hall–Kier alpha value is -2.84. The smallest absolute Gasteiger partial charge is 0.0759 e. The highest BCUT2D eigenvalue weighted by Gasteiger charge is 2.31. The molecule has 2 nitrogen and oxygen atoms in total. The van der Waals surface area contributed by atoms with Crippen LogP contribution in [-0.4, -0.2) is 24.5 Å². The number of hydrogen-bond donors (Lipinski definition) is 1. The molecule has 0 bridgehead atoms. The third-order valence-corrected chi connectivity index (χ3v) is 7.94. The zero-order valence-electron chi connectivity index (χ0n) is 23.5. The van der Waals surface area contributed by atoms with E-state index < -0.39 is 0 Å². The van der Waals surface area contributed by atoms with Crippen LogP contribution >= 0.6 is 0 Å². The Balaban J connectivity index is 1.68. The van der Waals surface area contributed by atoms with Crippen LogP contribution in [0, 0.1) is 5.41 Å². The number of benzene rings is 2. The molecule has 0 saturated carbocycles. The lowest BCUT2D eigenvalue weighted by atomic mass is 9.77. The molecule has 0 aliphatic carbocycles. The minimum atomic E-state index is 0.0183. The normalized spacial score (nSPS) is 20.0. The Labute approximate surface area is 226 Å². The van der Waals surface area contributed by atoms with E-state index in [-0.39, 0.29) is 11.5 Å². The molecule has 1 aliphatic rings. The van der Waals surface area contributed by atoms with Crippen molar-refractivity contribution in [2.75, 3.05) is 19.6 Å².